The van der Waals surface area contributed by atoms with Gasteiger partial charge in [-0.2, -0.15) is 0 Å². The fourth-order valence-electron chi connectivity index (χ4n) is 2.39. The third-order valence-corrected chi connectivity index (χ3v) is 4.47. The van der Waals surface area contributed by atoms with Crippen molar-refractivity contribution >= 4 is 17.2 Å². The Morgan fingerprint density at radius 1 is 1.56 bits per heavy atom. The van der Waals surface area contributed by atoms with E-state index in [1.807, 2.05) is 0 Å². The quantitative estimate of drug-likeness (QED) is 0.875. The van der Waals surface area contributed by atoms with Crippen LogP contribution in [-0.4, -0.2) is 46.7 Å². The molecule has 1 aromatic rings. The number of carbonyl (C=O) groups excluding carboxylic acids is 1. The van der Waals surface area contributed by atoms with Crippen LogP contribution in [0.5, 0.6) is 0 Å². The van der Waals surface area contributed by atoms with Crippen molar-refractivity contribution in [3.63, 3.8) is 0 Å². The normalized spacial score (nSPS) is 27.9. The van der Waals surface area contributed by atoms with Gasteiger partial charge in [0.05, 0.1) is 12.3 Å². The summed E-state index contributed by atoms with van der Waals surface area (Å²) < 4.78 is 5.56. The average molecular weight is 268 g/mol. The summed E-state index contributed by atoms with van der Waals surface area (Å²) in [7, 11) is 0. The van der Waals surface area contributed by atoms with Crippen LogP contribution in [0.15, 0.2) is 6.20 Å². The molecule has 0 aromatic carbocycles. The van der Waals surface area contributed by atoms with E-state index in [1.54, 1.807) is 11.1 Å². The average Bonchev–Trinajstić information content (AvgIpc) is 3.09. The maximum absolute atomic E-state index is 12.2. The molecular formula is C12H16N2O3S. The SMILES string of the molecule is O=C(c1cnc(C2CCCO2)s1)N1CC[C@@H](O)C1. The van der Waals surface area contributed by atoms with E-state index in [-0.39, 0.29) is 18.1 Å². The first kappa shape index (κ1) is 12.1. The van der Waals surface area contributed by atoms with Gasteiger partial charge in [-0.1, -0.05) is 0 Å². The van der Waals surface area contributed by atoms with Gasteiger partial charge in [-0.15, -0.1) is 11.3 Å². The summed E-state index contributed by atoms with van der Waals surface area (Å²) in [5, 5.41) is 10.3. The maximum Gasteiger partial charge on any atom is 0.265 e. The van der Waals surface area contributed by atoms with Crippen molar-refractivity contribution in [2.75, 3.05) is 19.7 Å². The predicted octanol–water partition coefficient (Wildman–Crippen LogP) is 1.20. The number of thiazole rings is 1. The highest BCUT2D eigenvalue weighted by Gasteiger charge is 2.28. The molecule has 3 heterocycles. The van der Waals surface area contributed by atoms with E-state index in [0.29, 0.717) is 24.4 Å². The highest BCUT2D eigenvalue weighted by atomic mass is 32.1. The van der Waals surface area contributed by atoms with Crippen molar-refractivity contribution in [1.82, 2.24) is 9.88 Å². The van der Waals surface area contributed by atoms with E-state index in [9.17, 15) is 9.90 Å². The van der Waals surface area contributed by atoms with Gasteiger partial charge in [0.15, 0.2) is 0 Å². The van der Waals surface area contributed by atoms with E-state index in [1.165, 1.54) is 11.3 Å². The summed E-state index contributed by atoms with van der Waals surface area (Å²) in [4.78, 5) is 18.8. The Bertz CT molecular complexity index is 442. The molecule has 2 fully saturated rings. The van der Waals surface area contributed by atoms with E-state index in [2.05, 4.69) is 4.98 Å². The second-order valence-electron chi connectivity index (χ2n) is 4.76. The van der Waals surface area contributed by atoms with E-state index in [0.717, 1.165) is 24.5 Å². The molecule has 0 radical (unpaired) electrons. The molecular weight excluding hydrogens is 252 g/mol. The molecule has 1 amide bonds. The molecule has 0 aliphatic carbocycles. The van der Waals surface area contributed by atoms with Crippen LogP contribution >= 0.6 is 11.3 Å². The number of β-amino-alcohol motifs (C(OH)–C–C–N with tert-alkyl or cyclic N) is 1. The molecule has 0 bridgehead atoms. The molecule has 2 saturated heterocycles. The van der Waals surface area contributed by atoms with Crippen LogP contribution in [0.4, 0.5) is 0 Å². The number of rotatable bonds is 2. The molecule has 0 saturated carbocycles. The molecule has 5 nitrogen and oxygen atoms in total. The lowest BCUT2D eigenvalue weighted by Gasteiger charge is -2.13. The molecule has 2 aliphatic heterocycles. The third kappa shape index (κ3) is 2.28. The van der Waals surface area contributed by atoms with E-state index >= 15 is 0 Å². The zero-order chi connectivity index (χ0) is 12.5. The zero-order valence-corrected chi connectivity index (χ0v) is 10.9. The highest BCUT2D eigenvalue weighted by Crippen LogP contribution is 2.31. The van der Waals surface area contributed by atoms with Crippen molar-refractivity contribution in [2.45, 2.75) is 31.5 Å². The van der Waals surface area contributed by atoms with Crippen LogP contribution in [0.2, 0.25) is 0 Å². The third-order valence-electron chi connectivity index (χ3n) is 3.39. The van der Waals surface area contributed by atoms with Crippen LogP contribution in [-0.2, 0) is 4.74 Å². The Morgan fingerprint density at radius 3 is 3.11 bits per heavy atom. The first-order valence-corrected chi connectivity index (χ1v) is 7.10. The van der Waals surface area contributed by atoms with Gasteiger partial charge in [-0.25, -0.2) is 4.98 Å². The number of ether oxygens (including phenoxy) is 1. The topological polar surface area (TPSA) is 62.7 Å². The van der Waals surface area contributed by atoms with Gasteiger partial charge < -0.3 is 14.7 Å². The lowest BCUT2D eigenvalue weighted by atomic mass is 10.2. The number of likely N-dealkylation sites (tertiary alicyclic amines) is 1. The number of hydrogen-bond acceptors (Lipinski definition) is 5. The highest BCUT2D eigenvalue weighted by molar-refractivity contribution is 7.13. The minimum Gasteiger partial charge on any atom is -0.391 e. The fraction of sp³-hybridized carbons (Fsp3) is 0.667. The molecule has 98 valence electrons. The van der Waals surface area contributed by atoms with Crippen molar-refractivity contribution in [2.24, 2.45) is 0 Å². The van der Waals surface area contributed by atoms with Crippen LogP contribution in [0.1, 0.15) is 40.0 Å². The second kappa shape index (κ2) is 4.95. The summed E-state index contributed by atoms with van der Waals surface area (Å²) in [6, 6.07) is 0. The van der Waals surface area contributed by atoms with Crippen molar-refractivity contribution in [3.8, 4) is 0 Å². The number of nitrogens with zero attached hydrogens (tertiary/aromatic N) is 2. The number of amides is 1. The Hall–Kier alpha value is -0.980. The van der Waals surface area contributed by atoms with Crippen LogP contribution in [0, 0.1) is 0 Å². The minimum absolute atomic E-state index is 0.0201. The number of carbonyl (C=O) groups is 1. The lowest BCUT2D eigenvalue weighted by molar-refractivity contribution is 0.0769. The molecule has 18 heavy (non-hydrogen) atoms. The van der Waals surface area contributed by atoms with Crippen molar-refractivity contribution < 1.29 is 14.6 Å². The number of aromatic nitrogens is 1. The van der Waals surface area contributed by atoms with Gasteiger partial charge in [0.2, 0.25) is 0 Å². The molecule has 1 aromatic heterocycles. The second-order valence-corrected chi connectivity index (χ2v) is 5.82. The number of aliphatic hydroxyl groups is 1. The maximum atomic E-state index is 12.2. The Labute approximate surface area is 109 Å². The zero-order valence-electron chi connectivity index (χ0n) is 10.0. The standard InChI is InChI=1S/C12H16N2O3S/c15-8-3-4-14(7-8)12(16)10-6-13-11(18-10)9-2-1-5-17-9/h6,8-9,15H,1-5,7H2/t8-,9?/m1/s1. The molecule has 6 heteroatoms. The van der Waals surface area contributed by atoms with Crippen LogP contribution < -0.4 is 0 Å². The summed E-state index contributed by atoms with van der Waals surface area (Å²) in [5.41, 5.74) is 0. The Kier molecular flexibility index (Phi) is 3.32. The molecule has 2 aliphatic rings. The molecule has 2 atom stereocenters. The van der Waals surface area contributed by atoms with Gasteiger partial charge in [0, 0.05) is 19.7 Å². The molecule has 1 N–H and O–H groups in total. The summed E-state index contributed by atoms with van der Waals surface area (Å²) in [6.07, 6.45) is 4.05. The first-order chi connectivity index (χ1) is 8.74. The molecule has 1 unspecified atom stereocenters. The summed E-state index contributed by atoms with van der Waals surface area (Å²) >= 11 is 1.42. The largest absolute Gasteiger partial charge is 0.391 e. The first-order valence-electron chi connectivity index (χ1n) is 6.28. The Balaban J connectivity index is 1.70. The van der Waals surface area contributed by atoms with Crippen LogP contribution in [0.3, 0.4) is 0 Å². The van der Waals surface area contributed by atoms with Gasteiger partial charge in [-0.05, 0) is 19.3 Å². The smallest absolute Gasteiger partial charge is 0.265 e. The number of aliphatic hydroxyl groups excluding tert-OH is 1. The van der Waals surface area contributed by atoms with E-state index in [4.69, 9.17) is 4.74 Å². The van der Waals surface area contributed by atoms with Gasteiger partial charge in [-0.3, -0.25) is 4.79 Å². The molecule has 3 rings (SSSR count). The predicted molar refractivity (Wildman–Crippen MR) is 66.6 cm³/mol. The van der Waals surface area contributed by atoms with Crippen molar-refractivity contribution in [3.05, 3.63) is 16.1 Å². The lowest BCUT2D eigenvalue weighted by Crippen LogP contribution is -2.28. The van der Waals surface area contributed by atoms with E-state index < -0.39 is 0 Å². The Morgan fingerprint density at radius 2 is 2.44 bits per heavy atom. The van der Waals surface area contributed by atoms with Gasteiger partial charge in [0.1, 0.15) is 16.0 Å². The monoisotopic (exact) mass is 268 g/mol. The summed E-state index contributed by atoms with van der Waals surface area (Å²) in [5.74, 6) is -0.0201. The fourth-order valence-corrected chi connectivity index (χ4v) is 3.36. The van der Waals surface area contributed by atoms with Crippen LogP contribution in [0.25, 0.3) is 0 Å². The molecule has 0 spiro atoms. The van der Waals surface area contributed by atoms with Crippen molar-refractivity contribution in [1.29, 1.82) is 0 Å². The number of hydrogen-bond donors (Lipinski definition) is 1. The minimum atomic E-state index is -0.375. The summed E-state index contributed by atoms with van der Waals surface area (Å²) in [6.45, 7) is 1.85. The van der Waals surface area contributed by atoms with Gasteiger partial charge >= 0.3 is 0 Å². The van der Waals surface area contributed by atoms with Gasteiger partial charge in [0.25, 0.3) is 5.91 Å².